The molecule has 0 aliphatic carbocycles. The number of carbonyl (C=O) groups is 6. The second-order valence-electron chi connectivity index (χ2n) is 15.8. The zero-order valence-electron chi connectivity index (χ0n) is 31.9. The Hall–Kier alpha value is -5.51. The molecule has 0 saturated carbocycles. The minimum Gasteiger partial charge on any atom is -0.385 e. The minimum absolute atomic E-state index is 0.00303. The Labute approximate surface area is 328 Å². The summed E-state index contributed by atoms with van der Waals surface area (Å²) in [5.74, 6) is -2.05. The third kappa shape index (κ3) is 7.42. The number of aryl methyl sites for hydroxylation is 1. The number of amides is 6. The number of hydrogen-bond donors (Lipinski definition) is 3. The molecule has 6 aliphatic heterocycles. The lowest BCUT2D eigenvalue weighted by atomic mass is 9.94. The van der Waals surface area contributed by atoms with E-state index in [9.17, 15) is 43.0 Å². The van der Waals surface area contributed by atoms with Gasteiger partial charge in [0.15, 0.2) is 0 Å². The summed E-state index contributed by atoms with van der Waals surface area (Å²) in [6, 6.07) is 7.10. The van der Waals surface area contributed by atoms with Crippen molar-refractivity contribution >= 4 is 47.0 Å². The van der Waals surface area contributed by atoms with Gasteiger partial charge in [-0.3, -0.25) is 49.3 Å². The highest BCUT2D eigenvalue weighted by molar-refractivity contribution is 6.23. The van der Waals surface area contributed by atoms with Gasteiger partial charge in [-0.2, -0.15) is 0 Å². The largest absolute Gasteiger partial charge is 0.385 e. The van der Waals surface area contributed by atoms with Gasteiger partial charge in [0.25, 0.3) is 18.2 Å². The average Bonchev–Trinajstić information content (AvgIpc) is 3.43. The second kappa shape index (κ2) is 15.4. The first kappa shape index (κ1) is 38.4. The van der Waals surface area contributed by atoms with Crippen LogP contribution < -0.4 is 15.5 Å². The fourth-order valence-electron chi connectivity index (χ4n) is 9.06. The van der Waals surface area contributed by atoms with Crippen LogP contribution in [-0.4, -0.2) is 119 Å². The molecule has 0 bridgehead atoms. The zero-order chi connectivity index (χ0) is 40.1. The fraction of sp³-hybridized carbons (Fsp3) is 0.488. The van der Waals surface area contributed by atoms with E-state index in [4.69, 9.17) is 0 Å². The van der Waals surface area contributed by atoms with Crippen molar-refractivity contribution in [1.29, 1.82) is 5.41 Å². The van der Waals surface area contributed by atoms with E-state index >= 15 is 0 Å². The number of anilines is 1. The highest BCUT2D eigenvalue weighted by atomic mass is 19.3. The number of amidine groups is 1. The van der Waals surface area contributed by atoms with Crippen LogP contribution in [0.15, 0.2) is 41.6 Å². The number of carbonyl (C=O) groups excluding carboxylic acids is 6. The van der Waals surface area contributed by atoms with Crippen LogP contribution in [0.4, 0.5) is 14.5 Å². The van der Waals surface area contributed by atoms with Crippen LogP contribution in [0.5, 0.6) is 0 Å². The van der Waals surface area contributed by atoms with Crippen molar-refractivity contribution in [2.24, 2.45) is 0 Å². The number of alkyl halides is 2. The summed E-state index contributed by atoms with van der Waals surface area (Å²) in [5, 5.41) is 15.2. The highest BCUT2D eigenvalue weighted by Gasteiger charge is 2.45. The molecule has 2 aromatic rings. The van der Waals surface area contributed by atoms with E-state index in [1.165, 1.54) is 19.1 Å². The Balaban J connectivity index is 0.895. The number of rotatable bonds is 7. The van der Waals surface area contributed by atoms with E-state index in [0.717, 1.165) is 40.1 Å². The first-order valence-corrected chi connectivity index (χ1v) is 19.7. The van der Waals surface area contributed by atoms with Crippen LogP contribution in [-0.2, 0) is 38.6 Å². The molecule has 1 atom stereocenters. The topological polar surface area (TPSA) is 167 Å². The number of piperidine rings is 2. The number of fused-ring (bicyclic) bond motifs is 3. The number of nitrogens with one attached hydrogen (secondary N) is 3. The van der Waals surface area contributed by atoms with E-state index in [0.29, 0.717) is 76.2 Å². The summed E-state index contributed by atoms with van der Waals surface area (Å²) in [4.78, 5) is 85.2. The molecule has 2 fully saturated rings. The smallest absolute Gasteiger partial charge is 0.263 e. The molecule has 0 spiro atoms. The number of halogens is 2. The quantitative estimate of drug-likeness (QED) is 0.218. The van der Waals surface area contributed by atoms with Crippen LogP contribution in [0.1, 0.15) is 94.8 Å². The van der Waals surface area contributed by atoms with Gasteiger partial charge in [-0.1, -0.05) is 12.1 Å². The average molecular weight is 785 g/mol. The predicted octanol–water partition coefficient (Wildman–Crippen LogP) is 2.90. The van der Waals surface area contributed by atoms with E-state index < -0.39 is 36.1 Å². The molecule has 8 rings (SSSR count). The highest BCUT2D eigenvalue weighted by Crippen LogP contribution is 2.35. The standard InChI is InChI=1S/C41H46F2N8O6/c1-23(52)49-16-11-32(31(21-49)38(44)50-12-2-3-24-4-5-26(37(42)43)19-34(24)50)45-28-9-14-48(15-10-28)36(54)22-47-13-8-25-17-29-30(18-27(25)20-47)41(57)51(40(29)56)33-6-7-35(53)46-39(33)55/h4-5,17-19,28,33,37,44-45H,2-3,6-16,20-22H2,1H3,(H,46,53,55). The van der Waals surface area contributed by atoms with E-state index in [2.05, 4.69) is 10.6 Å². The Morgan fingerprint density at radius 2 is 1.58 bits per heavy atom. The van der Waals surface area contributed by atoms with Crippen LogP contribution in [0.25, 0.3) is 0 Å². The Kier molecular flexibility index (Phi) is 10.4. The van der Waals surface area contributed by atoms with Crippen LogP contribution in [0.2, 0.25) is 0 Å². The number of benzene rings is 2. The molecule has 14 nitrogen and oxygen atoms in total. The van der Waals surface area contributed by atoms with Crippen molar-refractivity contribution in [2.45, 2.75) is 83.3 Å². The van der Waals surface area contributed by atoms with Gasteiger partial charge in [0.05, 0.1) is 24.2 Å². The van der Waals surface area contributed by atoms with Crippen molar-refractivity contribution < 1.29 is 37.5 Å². The molecule has 1 unspecified atom stereocenters. The van der Waals surface area contributed by atoms with Crippen molar-refractivity contribution in [1.82, 2.24) is 30.2 Å². The zero-order valence-corrected chi connectivity index (χ0v) is 31.9. The lowest BCUT2D eigenvalue weighted by molar-refractivity contribution is -0.136. The molecule has 6 aliphatic rings. The summed E-state index contributed by atoms with van der Waals surface area (Å²) in [6.07, 6.45) is 1.53. The summed E-state index contributed by atoms with van der Waals surface area (Å²) in [7, 11) is 0. The van der Waals surface area contributed by atoms with E-state index in [-0.39, 0.29) is 66.3 Å². The van der Waals surface area contributed by atoms with Crippen molar-refractivity contribution in [3.05, 3.63) is 75.0 Å². The fourth-order valence-corrected chi connectivity index (χ4v) is 9.06. The first-order chi connectivity index (χ1) is 27.4. The van der Waals surface area contributed by atoms with Gasteiger partial charge in [0.1, 0.15) is 11.9 Å². The number of imide groups is 2. The third-order valence-electron chi connectivity index (χ3n) is 12.3. The summed E-state index contributed by atoms with van der Waals surface area (Å²) >= 11 is 0. The maximum Gasteiger partial charge on any atom is 0.263 e. The molecule has 0 radical (unpaired) electrons. The van der Waals surface area contributed by atoms with Gasteiger partial charge in [0.2, 0.25) is 23.6 Å². The predicted molar refractivity (Wildman–Crippen MR) is 204 cm³/mol. The lowest BCUT2D eigenvalue weighted by Crippen LogP contribution is -2.54. The number of nitrogens with zero attached hydrogens (tertiary/aromatic N) is 5. The Morgan fingerprint density at radius 3 is 2.28 bits per heavy atom. The van der Waals surface area contributed by atoms with Gasteiger partial charge in [-0.15, -0.1) is 0 Å². The second-order valence-corrected chi connectivity index (χ2v) is 15.8. The van der Waals surface area contributed by atoms with Crippen LogP contribution >= 0.6 is 0 Å². The molecule has 6 amide bonds. The van der Waals surface area contributed by atoms with Gasteiger partial charge < -0.3 is 20.0 Å². The molecule has 3 N–H and O–H groups in total. The summed E-state index contributed by atoms with van der Waals surface area (Å²) in [6.45, 7) is 5.07. The minimum atomic E-state index is -2.62. The van der Waals surface area contributed by atoms with E-state index in [1.54, 1.807) is 28.0 Å². The summed E-state index contributed by atoms with van der Waals surface area (Å²) in [5.41, 5.74) is 5.27. The van der Waals surface area contributed by atoms with Crippen molar-refractivity contribution in [3.63, 3.8) is 0 Å². The van der Waals surface area contributed by atoms with Crippen molar-refractivity contribution in [3.8, 4) is 0 Å². The molecule has 2 saturated heterocycles. The Morgan fingerprint density at radius 1 is 0.842 bits per heavy atom. The molecular weight excluding hydrogens is 738 g/mol. The van der Waals surface area contributed by atoms with Gasteiger partial charge in [-0.05, 0) is 73.4 Å². The monoisotopic (exact) mass is 784 g/mol. The molecule has 300 valence electrons. The number of likely N-dealkylation sites (tertiary alicyclic amines) is 1. The van der Waals surface area contributed by atoms with Gasteiger partial charge >= 0.3 is 0 Å². The van der Waals surface area contributed by atoms with Crippen molar-refractivity contribution in [2.75, 3.05) is 50.7 Å². The molecule has 6 heterocycles. The molecular formula is C41H46F2N8O6. The number of hydrogen-bond acceptors (Lipinski definition) is 9. The molecule has 2 aromatic carbocycles. The van der Waals surface area contributed by atoms with E-state index in [1.807, 2.05) is 9.80 Å². The first-order valence-electron chi connectivity index (χ1n) is 19.7. The molecule has 16 heteroatoms. The Bertz CT molecular complexity index is 2110. The maximum atomic E-state index is 13.7. The van der Waals surface area contributed by atoms with Gasteiger partial charge in [0, 0.05) is 87.6 Å². The maximum absolute atomic E-state index is 13.7. The summed E-state index contributed by atoms with van der Waals surface area (Å²) < 4.78 is 27.3. The third-order valence-corrected chi connectivity index (χ3v) is 12.3. The van der Waals surface area contributed by atoms with Crippen LogP contribution in [0.3, 0.4) is 0 Å². The molecule has 0 aromatic heterocycles. The lowest BCUT2D eigenvalue weighted by Gasteiger charge is -2.39. The van der Waals surface area contributed by atoms with Gasteiger partial charge in [-0.25, -0.2) is 8.78 Å². The normalized spacial score (nSPS) is 21.8. The molecule has 57 heavy (non-hydrogen) atoms. The van der Waals surface area contributed by atoms with Crippen LogP contribution in [0, 0.1) is 5.41 Å². The SMILES string of the molecule is CC(=O)N1CCC(NC2CCN(C(=O)CN3CCc4cc5c(cc4C3)C(=O)N(C3CCC(=O)NC3=O)C5=O)CC2)=C(C(=N)N2CCCc3ccc(C(F)F)cc32)C1.